The molecule has 0 aromatic rings. The molecule has 0 saturated heterocycles. The van der Waals surface area contributed by atoms with Crippen LogP contribution in [0.3, 0.4) is 0 Å². The van der Waals surface area contributed by atoms with Crippen LogP contribution >= 0.6 is 24.0 Å². The summed E-state index contributed by atoms with van der Waals surface area (Å²) >= 11 is 4.99. The summed E-state index contributed by atoms with van der Waals surface area (Å²) in [4.78, 5) is 20.5. The molecule has 0 aromatic heterocycles. The van der Waals surface area contributed by atoms with Crippen LogP contribution in [0, 0.1) is 11.3 Å². The number of carbonyl (C=O) groups excluding carboxylic acids is 2. The number of nitriles is 1. The van der Waals surface area contributed by atoms with Crippen LogP contribution in [0.4, 0.5) is 0 Å². The third-order valence-electron chi connectivity index (χ3n) is 0.560. The van der Waals surface area contributed by atoms with Gasteiger partial charge in [-0.25, -0.2) is 0 Å². The molecule has 0 fully saturated rings. The predicted octanol–water partition coefficient (Wildman–Crippen LogP) is -0.667. The average Bonchev–Trinajstić information content (AvgIpc) is 1.88. The molecule has 0 N–H and O–H groups in total. The van der Waals surface area contributed by atoms with Crippen LogP contribution in [-0.2, 0) is 14.3 Å². The summed E-state index contributed by atoms with van der Waals surface area (Å²) in [5.74, 6) is -2.08. The fourth-order valence-electron chi connectivity index (χ4n) is 0.255. The second-order valence-corrected chi connectivity index (χ2v) is 1.58. The Labute approximate surface area is 131 Å². The molecule has 0 aliphatic carbocycles. The minimum absolute atomic E-state index is 0. The standard InChI is InChI=1S/C5H4ClNO3.ClH.2Na.2H/c6-3-5(9)10-4(8)1-2-7;;;;;/h1,3H2;1H;;;;. The summed E-state index contributed by atoms with van der Waals surface area (Å²) in [6, 6.07) is 1.53. The van der Waals surface area contributed by atoms with Crippen LogP contribution < -0.4 is 0 Å². The fraction of sp³-hybridized carbons (Fsp3) is 0.400. The Morgan fingerprint density at radius 3 is 2.08 bits per heavy atom. The number of ether oxygens (including phenoxy) is 1. The molecule has 0 aliphatic heterocycles. The zero-order chi connectivity index (χ0) is 7.98. The van der Waals surface area contributed by atoms with Crippen LogP contribution in [0.25, 0.3) is 0 Å². The Hall–Kier alpha value is 1.21. The third kappa shape index (κ3) is 15.9. The number of rotatable bonds is 2. The molecular weight excluding hydrogens is 239 g/mol. The predicted molar refractivity (Wildman–Crippen MR) is 53.6 cm³/mol. The first-order valence-electron chi connectivity index (χ1n) is 2.37. The van der Waals surface area contributed by atoms with Gasteiger partial charge in [0.05, 0.1) is 6.07 Å². The molecular formula is C5H7Cl2NNa2O3. The molecule has 0 bridgehead atoms. The number of nitrogens with zero attached hydrogens (tertiary/aromatic N) is 1. The second kappa shape index (κ2) is 15.7. The van der Waals surface area contributed by atoms with Gasteiger partial charge in [-0.1, -0.05) is 0 Å². The molecule has 0 saturated carbocycles. The van der Waals surface area contributed by atoms with Gasteiger partial charge in [-0.2, -0.15) is 5.26 Å². The number of halogens is 2. The molecule has 0 spiro atoms. The normalized spacial score (nSPS) is 6.15. The Kier molecular flexibility index (Phi) is 28.7. The molecule has 0 atom stereocenters. The number of carbonyl (C=O) groups is 2. The van der Waals surface area contributed by atoms with E-state index in [0.29, 0.717) is 0 Å². The van der Waals surface area contributed by atoms with E-state index < -0.39 is 18.4 Å². The van der Waals surface area contributed by atoms with Crippen molar-refractivity contribution in [2.75, 3.05) is 5.88 Å². The van der Waals surface area contributed by atoms with Crippen molar-refractivity contribution in [2.45, 2.75) is 6.42 Å². The van der Waals surface area contributed by atoms with Gasteiger partial charge in [-0.15, -0.1) is 24.0 Å². The summed E-state index contributed by atoms with van der Waals surface area (Å²) < 4.78 is 4.01. The van der Waals surface area contributed by atoms with E-state index in [-0.39, 0.29) is 77.4 Å². The van der Waals surface area contributed by atoms with E-state index in [2.05, 4.69) is 4.74 Å². The summed E-state index contributed by atoms with van der Waals surface area (Å²) in [5.41, 5.74) is 0. The molecule has 0 radical (unpaired) electrons. The van der Waals surface area contributed by atoms with Crippen molar-refractivity contribution in [1.29, 1.82) is 5.26 Å². The van der Waals surface area contributed by atoms with Gasteiger partial charge in [0.25, 0.3) is 0 Å². The molecule has 66 valence electrons. The molecule has 0 aromatic carbocycles. The second-order valence-electron chi connectivity index (χ2n) is 1.31. The Balaban J connectivity index is -0.000000135. The first-order chi connectivity index (χ1) is 4.70. The van der Waals surface area contributed by atoms with E-state index in [1.807, 2.05) is 0 Å². The number of hydrogen-bond donors (Lipinski definition) is 0. The molecule has 8 heteroatoms. The molecule has 0 aliphatic rings. The van der Waals surface area contributed by atoms with Crippen molar-refractivity contribution in [3.05, 3.63) is 0 Å². The molecule has 4 nitrogen and oxygen atoms in total. The van der Waals surface area contributed by atoms with E-state index in [0.717, 1.165) is 0 Å². The molecule has 0 amide bonds. The summed E-state index contributed by atoms with van der Waals surface area (Å²) in [6.07, 6.45) is -0.428. The average molecular weight is 246 g/mol. The number of hydrogen-bond acceptors (Lipinski definition) is 4. The van der Waals surface area contributed by atoms with Gasteiger partial charge in [0.15, 0.2) is 0 Å². The minimum atomic E-state index is -0.867. The van der Waals surface area contributed by atoms with Gasteiger partial charge in [-0.3, -0.25) is 9.59 Å². The van der Waals surface area contributed by atoms with Crippen LogP contribution in [-0.4, -0.2) is 76.9 Å². The quantitative estimate of drug-likeness (QED) is 0.280. The zero-order valence-corrected chi connectivity index (χ0v) is 6.94. The Bertz CT molecular complexity index is 195. The van der Waals surface area contributed by atoms with Crippen LogP contribution in [0.15, 0.2) is 0 Å². The van der Waals surface area contributed by atoms with Crippen LogP contribution in [0.5, 0.6) is 0 Å². The zero-order valence-electron chi connectivity index (χ0n) is 5.37. The first kappa shape index (κ1) is 23.8. The van der Waals surface area contributed by atoms with E-state index in [1.165, 1.54) is 6.07 Å². The van der Waals surface area contributed by atoms with Crippen LogP contribution in [0.1, 0.15) is 6.42 Å². The summed E-state index contributed by atoms with van der Waals surface area (Å²) in [6.45, 7) is 0. The van der Waals surface area contributed by atoms with Crippen molar-refractivity contribution in [3.8, 4) is 6.07 Å². The monoisotopic (exact) mass is 245 g/mol. The molecule has 13 heavy (non-hydrogen) atoms. The molecule has 0 heterocycles. The topological polar surface area (TPSA) is 67.2 Å². The maximum absolute atomic E-state index is 10.3. The number of esters is 2. The van der Waals surface area contributed by atoms with E-state index in [1.54, 1.807) is 0 Å². The van der Waals surface area contributed by atoms with Crippen molar-refractivity contribution >= 4 is 95.1 Å². The molecule has 0 rings (SSSR count). The van der Waals surface area contributed by atoms with E-state index in [4.69, 9.17) is 16.9 Å². The van der Waals surface area contributed by atoms with Gasteiger partial charge >= 0.3 is 71.1 Å². The van der Waals surface area contributed by atoms with Crippen LogP contribution in [0.2, 0.25) is 0 Å². The number of alkyl halides is 1. The van der Waals surface area contributed by atoms with E-state index in [9.17, 15) is 9.59 Å². The Morgan fingerprint density at radius 2 is 1.77 bits per heavy atom. The molecule has 0 unspecified atom stereocenters. The summed E-state index contributed by atoms with van der Waals surface area (Å²) in [5, 5.41) is 7.93. The van der Waals surface area contributed by atoms with E-state index >= 15 is 0 Å². The van der Waals surface area contributed by atoms with Gasteiger partial charge < -0.3 is 4.74 Å². The van der Waals surface area contributed by atoms with Crippen molar-refractivity contribution in [2.24, 2.45) is 0 Å². The summed E-state index contributed by atoms with van der Waals surface area (Å²) in [7, 11) is 0. The maximum atomic E-state index is 10.3. The van der Waals surface area contributed by atoms with Gasteiger partial charge in [0, 0.05) is 0 Å². The third-order valence-corrected chi connectivity index (χ3v) is 0.778. The first-order valence-corrected chi connectivity index (χ1v) is 2.90. The fourth-order valence-corrected chi connectivity index (χ4v) is 0.309. The van der Waals surface area contributed by atoms with Gasteiger partial charge in [0.1, 0.15) is 12.3 Å². The Morgan fingerprint density at radius 1 is 1.31 bits per heavy atom. The SMILES string of the molecule is Cl.N#CCC(=O)OC(=O)CCl.[NaH].[NaH]. The van der Waals surface area contributed by atoms with Gasteiger partial charge in [-0.05, 0) is 0 Å². The van der Waals surface area contributed by atoms with Crippen molar-refractivity contribution < 1.29 is 14.3 Å². The van der Waals surface area contributed by atoms with Crippen molar-refractivity contribution in [3.63, 3.8) is 0 Å². The van der Waals surface area contributed by atoms with Crippen molar-refractivity contribution in [1.82, 2.24) is 0 Å². The van der Waals surface area contributed by atoms with Gasteiger partial charge in [0.2, 0.25) is 0 Å².